The number of hydrogen-bond acceptors (Lipinski definition) is 6. The van der Waals surface area contributed by atoms with Gasteiger partial charge in [0.05, 0.1) is 13.2 Å². The van der Waals surface area contributed by atoms with Crippen LogP contribution in [0.4, 0.5) is 0 Å². The third kappa shape index (κ3) is 5.31. The molecular weight excluding hydrogens is 490 g/mol. The number of carbonyl (C=O) groups is 1. The van der Waals surface area contributed by atoms with Crippen LogP contribution >= 0.6 is 0 Å². The summed E-state index contributed by atoms with van der Waals surface area (Å²) in [5.41, 5.74) is 3.83. The molecule has 5 fully saturated rings. The summed E-state index contributed by atoms with van der Waals surface area (Å²) in [5, 5.41) is 3.02. The molecule has 4 saturated carbocycles. The molecule has 4 aliphatic carbocycles. The Morgan fingerprint density at radius 3 is 2.44 bits per heavy atom. The minimum absolute atomic E-state index is 0.0845. The number of rotatable bonds is 9. The van der Waals surface area contributed by atoms with E-state index >= 15 is 0 Å². The average molecular weight is 530 g/mol. The van der Waals surface area contributed by atoms with Crippen LogP contribution in [0.15, 0.2) is 46.9 Å². The van der Waals surface area contributed by atoms with Crippen LogP contribution in [0.25, 0.3) is 11.1 Å². The zero-order valence-electron chi connectivity index (χ0n) is 22.7. The Kier molecular flexibility index (Phi) is 6.81. The molecule has 5 aliphatic rings. The number of nitrogens with zero attached hydrogens (tertiary/aromatic N) is 2. The van der Waals surface area contributed by atoms with Gasteiger partial charge in [0.25, 0.3) is 5.91 Å². The van der Waals surface area contributed by atoms with Crippen LogP contribution in [0.5, 0.6) is 5.75 Å². The number of benzene rings is 2. The van der Waals surface area contributed by atoms with Gasteiger partial charge in [-0.15, -0.1) is 0 Å². The number of ether oxygens (including phenoxy) is 2. The molecule has 0 radical (unpaired) electrons. The summed E-state index contributed by atoms with van der Waals surface area (Å²) in [6.45, 7) is 5.41. The summed E-state index contributed by atoms with van der Waals surface area (Å²) < 4.78 is 17.3. The van der Waals surface area contributed by atoms with Crippen LogP contribution in [0, 0.1) is 17.8 Å². The third-order valence-corrected chi connectivity index (χ3v) is 9.60. The maximum atomic E-state index is 12.7. The zero-order chi connectivity index (χ0) is 26.2. The molecule has 1 aromatic heterocycles. The number of morpholine rings is 1. The first kappa shape index (κ1) is 25.1. The zero-order valence-corrected chi connectivity index (χ0v) is 22.7. The number of amides is 1. The fraction of sp³-hybridized carbons (Fsp3) is 0.562. The molecule has 8 rings (SSSR count). The molecule has 0 unspecified atom stereocenters. The minimum atomic E-state index is -0.0845. The van der Waals surface area contributed by atoms with E-state index in [9.17, 15) is 4.79 Å². The van der Waals surface area contributed by atoms with Crippen molar-refractivity contribution in [3.05, 3.63) is 59.5 Å². The van der Waals surface area contributed by atoms with Gasteiger partial charge < -0.3 is 19.2 Å². The Morgan fingerprint density at radius 2 is 1.72 bits per heavy atom. The second-order valence-electron chi connectivity index (χ2n) is 12.4. The fourth-order valence-corrected chi connectivity index (χ4v) is 8.12. The highest BCUT2D eigenvalue weighted by atomic mass is 16.5. The Morgan fingerprint density at radius 1 is 1.00 bits per heavy atom. The number of nitrogens with one attached hydrogen (secondary N) is 1. The second-order valence-corrected chi connectivity index (χ2v) is 12.4. The molecule has 1 N–H and O–H groups in total. The van der Waals surface area contributed by atoms with Crippen molar-refractivity contribution in [2.45, 2.75) is 57.0 Å². The highest BCUT2D eigenvalue weighted by Crippen LogP contribution is 2.60. The van der Waals surface area contributed by atoms with E-state index in [0.29, 0.717) is 34.5 Å². The van der Waals surface area contributed by atoms with E-state index in [0.717, 1.165) is 62.8 Å². The maximum absolute atomic E-state index is 12.7. The molecule has 4 bridgehead atoms. The van der Waals surface area contributed by atoms with Gasteiger partial charge in [-0.25, -0.2) is 4.98 Å². The SMILES string of the molecule is O=C(NCCCN1CCOCC1)c1ccc2oc(COc3ccc(C45CC6CC(CC(C6)C4)C5)cc3)nc2c1. The highest BCUT2D eigenvalue weighted by Gasteiger charge is 2.51. The third-order valence-electron chi connectivity index (χ3n) is 9.60. The maximum Gasteiger partial charge on any atom is 0.251 e. The summed E-state index contributed by atoms with van der Waals surface area (Å²) in [4.78, 5) is 19.6. The van der Waals surface area contributed by atoms with Crippen molar-refractivity contribution in [1.82, 2.24) is 15.2 Å². The van der Waals surface area contributed by atoms with Gasteiger partial charge in [-0.2, -0.15) is 0 Å². The lowest BCUT2D eigenvalue weighted by Gasteiger charge is -2.57. The summed E-state index contributed by atoms with van der Waals surface area (Å²) in [6, 6.07) is 14.2. The normalized spacial score (nSPS) is 28.2. The molecule has 2 aromatic carbocycles. The molecule has 1 amide bonds. The quantitative estimate of drug-likeness (QED) is 0.378. The minimum Gasteiger partial charge on any atom is -0.484 e. The monoisotopic (exact) mass is 529 g/mol. The summed E-state index contributed by atoms with van der Waals surface area (Å²) >= 11 is 0. The lowest BCUT2D eigenvalue weighted by molar-refractivity contribution is -0.00521. The Balaban J connectivity index is 0.929. The van der Waals surface area contributed by atoms with Gasteiger partial charge in [-0.3, -0.25) is 9.69 Å². The van der Waals surface area contributed by atoms with Crippen LogP contribution < -0.4 is 10.1 Å². The van der Waals surface area contributed by atoms with E-state index in [1.54, 1.807) is 12.1 Å². The summed E-state index contributed by atoms with van der Waals surface area (Å²) in [6.07, 6.45) is 9.43. The molecule has 3 aromatic rings. The molecule has 39 heavy (non-hydrogen) atoms. The van der Waals surface area contributed by atoms with Gasteiger partial charge in [-0.1, -0.05) is 12.1 Å². The standard InChI is InChI=1S/C32H39N3O4/c36-31(33-8-1-9-35-10-12-37-13-11-35)25-2-7-29-28(17-25)34-30(39-29)21-38-27-5-3-26(4-6-27)32-18-22-14-23(19-32)16-24(15-22)20-32/h2-7,17,22-24H,1,8-16,18-21H2,(H,33,36). The highest BCUT2D eigenvalue weighted by molar-refractivity contribution is 5.97. The first-order chi connectivity index (χ1) is 19.1. The number of aromatic nitrogens is 1. The lowest BCUT2D eigenvalue weighted by atomic mass is 9.48. The van der Waals surface area contributed by atoms with E-state index in [2.05, 4.69) is 39.5 Å². The van der Waals surface area contributed by atoms with Crippen LogP contribution in [-0.2, 0) is 16.8 Å². The van der Waals surface area contributed by atoms with Gasteiger partial charge in [0.15, 0.2) is 12.2 Å². The molecular formula is C32H39N3O4. The van der Waals surface area contributed by atoms with Crippen molar-refractivity contribution in [2.75, 3.05) is 39.4 Å². The molecule has 2 heterocycles. The Labute approximate surface area is 230 Å². The summed E-state index contributed by atoms with van der Waals surface area (Å²) in [5.74, 6) is 4.09. The van der Waals surface area contributed by atoms with Crippen LogP contribution in [0.3, 0.4) is 0 Å². The van der Waals surface area contributed by atoms with Crippen molar-refractivity contribution in [3.63, 3.8) is 0 Å². The van der Waals surface area contributed by atoms with Crippen molar-refractivity contribution >= 4 is 17.0 Å². The molecule has 206 valence electrons. The first-order valence-corrected chi connectivity index (χ1v) is 14.8. The number of oxazole rings is 1. The van der Waals surface area contributed by atoms with Crippen molar-refractivity contribution in [2.24, 2.45) is 17.8 Å². The van der Waals surface area contributed by atoms with Gasteiger partial charge in [0, 0.05) is 25.2 Å². The molecule has 0 atom stereocenters. The van der Waals surface area contributed by atoms with Crippen molar-refractivity contribution < 1.29 is 18.7 Å². The van der Waals surface area contributed by atoms with Gasteiger partial charge in [-0.05, 0) is 111 Å². The smallest absolute Gasteiger partial charge is 0.251 e. The predicted molar refractivity (Wildman–Crippen MR) is 149 cm³/mol. The van der Waals surface area contributed by atoms with Crippen LogP contribution in [0.2, 0.25) is 0 Å². The summed E-state index contributed by atoms with van der Waals surface area (Å²) in [7, 11) is 0. The van der Waals surface area contributed by atoms with E-state index in [-0.39, 0.29) is 12.5 Å². The van der Waals surface area contributed by atoms with Crippen molar-refractivity contribution in [3.8, 4) is 5.75 Å². The van der Waals surface area contributed by atoms with E-state index in [1.807, 2.05) is 6.07 Å². The molecule has 7 heteroatoms. The van der Waals surface area contributed by atoms with Crippen LogP contribution in [-0.4, -0.2) is 55.2 Å². The second kappa shape index (κ2) is 10.6. The molecule has 0 spiro atoms. The largest absolute Gasteiger partial charge is 0.484 e. The molecule has 1 aliphatic heterocycles. The average Bonchev–Trinajstić information content (AvgIpc) is 3.36. The first-order valence-electron chi connectivity index (χ1n) is 14.8. The topological polar surface area (TPSA) is 76.8 Å². The van der Waals surface area contributed by atoms with Gasteiger partial charge >= 0.3 is 0 Å². The lowest BCUT2D eigenvalue weighted by Crippen LogP contribution is -2.48. The van der Waals surface area contributed by atoms with Crippen molar-refractivity contribution in [1.29, 1.82) is 0 Å². The van der Waals surface area contributed by atoms with Gasteiger partial charge in [0.2, 0.25) is 5.89 Å². The van der Waals surface area contributed by atoms with Gasteiger partial charge in [0.1, 0.15) is 11.3 Å². The molecule has 7 nitrogen and oxygen atoms in total. The number of hydrogen-bond donors (Lipinski definition) is 1. The number of carbonyl (C=O) groups excluding carboxylic acids is 1. The number of fused-ring (bicyclic) bond motifs is 1. The van der Waals surface area contributed by atoms with E-state index < -0.39 is 0 Å². The van der Waals surface area contributed by atoms with E-state index in [4.69, 9.17) is 13.9 Å². The Hall–Kier alpha value is -2.90. The van der Waals surface area contributed by atoms with Crippen LogP contribution in [0.1, 0.15) is 66.8 Å². The predicted octanol–water partition coefficient (Wildman–Crippen LogP) is 5.33. The Bertz CT molecular complexity index is 1280. The fourth-order valence-electron chi connectivity index (χ4n) is 8.12. The van der Waals surface area contributed by atoms with E-state index in [1.165, 1.54) is 44.1 Å². The molecule has 1 saturated heterocycles.